The summed E-state index contributed by atoms with van der Waals surface area (Å²) in [4.78, 5) is 11.4. The minimum atomic E-state index is -0.0454. The lowest BCUT2D eigenvalue weighted by Gasteiger charge is -1.99. The maximum atomic E-state index is 11.4. The largest absolute Gasteiger partial charge is 0.352 e. The van der Waals surface area contributed by atoms with Gasteiger partial charge in [0.1, 0.15) is 0 Å². The summed E-state index contributed by atoms with van der Waals surface area (Å²) in [5, 5.41) is 2.83. The molecule has 0 heterocycles. The molecule has 1 rings (SSSR count). The lowest BCUT2D eigenvalue weighted by Crippen LogP contribution is -2.21. The van der Waals surface area contributed by atoms with Crippen LogP contribution in [0.1, 0.15) is 24.5 Å². The van der Waals surface area contributed by atoms with E-state index in [9.17, 15) is 4.79 Å². The quantitative estimate of drug-likeness (QED) is 0.469. The summed E-state index contributed by atoms with van der Waals surface area (Å²) < 4.78 is 0. The highest BCUT2D eigenvalue weighted by Crippen LogP contribution is 2.05. The molecule has 1 N–H and O–H groups in total. The Morgan fingerprint density at radius 1 is 1.41 bits per heavy atom. The molecule has 17 heavy (non-hydrogen) atoms. The molecule has 2 heteroatoms. The highest BCUT2D eigenvalue weighted by molar-refractivity contribution is 5.91. The molecule has 0 fully saturated rings. The molecule has 0 saturated carbocycles. The van der Waals surface area contributed by atoms with Gasteiger partial charge < -0.3 is 5.32 Å². The predicted molar refractivity (Wildman–Crippen MR) is 72.7 cm³/mol. The Kier molecular flexibility index (Phi) is 5.80. The van der Waals surface area contributed by atoms with Gasteiger partial charge in [-0.1, -0.05) is 42.0 Å². The second kappa shape index (κ2) is 7.44. The SMILES string of the molecule is C/C=C/CCNC(=O)/C=C/c1cccc(C)c1. The standard InChI is InChI=1S/C15H19NO/c1-3-4-5-11-16-15(17)10-9-14-8-6-7-13(2)12-14/h3-4,6-10,12H,5,11H2,1-2H3,(H,16,17)/b4-3+,10-9+. The molecule has 1 aromatic carbocycles. The van der Waals surface area contributed by atoms with Crippen molar-refractivity contribution in [3.05, 3.63) is 53.6 Å². The summed E-state index contributed by atoms with van der Waals surface area (Å²) in [6.07, 6.45) is 8.29. The number of allylic oxidation sites excluding steroid dienone is 1. The Morgan fingerprint density at radius 3 is 2.94 bits per heavy atom. The molecule has 1 amide bonds. The maximum Gasteiger partial charge on any atom is 0.244 e. The van der Waals surface area contributed by atoms with E-state index in [1.54, 1.807) is 6.08 Å². The highest BCUT2D eigenvalue weighted by atomic mass is 16.1. The van der Waals surface area contributed by atoms with E-state index >= 15 is 0 Å². The molecule has 90 valence electrons. The molecule has 0 unspecified atom stereocenters. The number of hydrogen-bond donors (Lipinski definition) is 1. The Bertz CT molecular complexity index is 419. The first-order valence-corrected chi connectivity index (χ1v) is 5.86. The van der Waals surface area contributed by atoms with Crippen LogP contribution < -0.4 is 5.32 Å². The Balaban J connectivity index is 2.40. The number of hydrogen-bond acceptors (Lipinski definition) is 1. The average molecular weight is 229 g/mol. The number of amides is 1. The monoisotopic (exact) mass is 229 g/mol. The summed E-state index contributed by atoms with van der Waals surface area (Å²) in [6.45, 7) is 4.69. The second-order valence-corrected chi connectivity index (χ2v) is 3.90. The van der Waals surface area contributed by atoms with Gasteiger partial charge in [0.25, 0.3) is 0 Å². The van der Waals surface area contributed by atoms with Crippen molar-refractivity contribution in [2.45, 2.75) is 20.3 Å². The number of carbonyl (C=O) groups excluding carboxylic acids is 1. The van der Waals surface area contributed by atoms with Crippen molar-refractivity contribution in [2.75, 3.05) is 6.54 Å². The normalized spacial score (nSPS) is 11.2. The van der Waals surface area contributed by atoms with Crippen LogP contribution in [0.15, 0.2) is 42.5 Å². The molecule has 0 radical (unpaired) electrons. The van der Waals surface area contributed by atoms with Gasteiger partial charge in [-0.15, -0.1) is 0 Å². The second-order valence-electron chi connectivity index (χ2n) is 3.90. The number of aryl methyl sites for hydroxylation is 1. The van der Waals surface area contributed by atoms with E-state index in [2.05, 4.69) is 5.32 Å². The molecule has 0 aliphatic carbocycles. The molecule has 0 saturated heterocycles. The van der Waals surface area contributed by atoms with Crippen molar-refractivity contribution in [1.82, 2.24) is 5.32 Å². The van der Waals surface area contributed by atoms with E-state index in [1.165, 1.54) is 5.56 Å². The summed E-state index contributed by atoms with van der Waals surface area (Å²) in [7, 11) is 0. The van der Waals surface area contributed by atoms with E-state index in [4.69, 9.17) is 0 Å². The van der Waals surface area contributed by atoms with Gasteiger partial charge in [0.05, 0.1) is 0 Å². The van der Waals surface area contributed by atoms with Crippen molar-refractivity contribution in [2.24, 2.45) is 0 Å². The van der Waals surface area contributed by atoms with Crippen molar-refractivity contribution in [3.63, 3.8) is 0 Å². The molecular formula is C15H19NO. The van der Waals surface area contributed by atoms with Crippen molar-refractivity contribution in [3.8, 4) is 0 Å². The number of benzene rings is 1. The first kappa shape index (κ1) is 13.2. The predicted octanol–water partition coefficient (Wildman–Crippen LogP) is 3.09. The van der Waals surface area contributed by atoms with Crippen LogP contribution in [0.25, 0.3) is 6.08 Å². The van der Waals surface area contributed by atoms with E-state index in [1.807, 2.05) is 56.3 Å². The Labute approximate surface area is 103 Å². The van der Waals surface area contributed by atoms with E-state index in [0.29, 0.717) is 6.54 Å². The third-order valence-electron chi connectivity index (χ3n) is 2.32. The van der Waals surface area contributed by atoms with Crippen LogP contribution in [0.4, 0.5) is 0 Å². The first-order chi connectivity index (χ1) is 8.22. The van der Waals surface area contributed by atoms with Gasteiger partial charge in [-0.05, 0) is 31.9 Å². The van der Waals surface area contributed by atoms with Gasteiger partial charge >= 0.3 is 0 Å². The van der Waals surface area contributed by atoms with Gasteiger partial charge in [0.15, 0.2) is 0 Å². The number of nitrogens with one attached hydrogen (secondary N) is 1. The summed E-state index contributed by atoms with van der Waals surface area (Å²) in [6, 6.07) is 8.05. The van der Waals surface area contributed by atoms with Crippen LogP contribution in [-0.4, -0.2) is 12.5 Å². The van der Waals surface area contributed by atoms with E-state index in [-0.39, 0.29) is 5.91 Å². The summed E-state index contributed by atoms with van der Waals surface area (Å²) in [5.41, 5.74) is 2.24. The van der Waals surface area contributed by atoms with Crippen LogP contribution >= 0.6 is 0 Å². The fourth-order valence-electron chi connectivity index (χ4n) is 1.45. The summed E-state index contributed by atoms with van der Waals surface area (Å²) >= 11 is 0. The van der Waals surface area contributed by atoms with Gasteiger partial charge in [-0.25, -0.2) is 0 Å². The molecule has 0 aliphatic rings. The van der Waals surface area contributed by atoms with Crippen LogP contribution in [0.2, 0.25) is 0 Å². The molecular weight excluding hydrogens is 210 g/mol. The van der Waals surface area contributed by atoms with E-state index in [0.717, 1.165) is 12.0 Å². The van der Waals surface area contributed by atoms with Crippen LogP contribution in [0.5, 0.6) is 0 Å². The minimum absolute atomic E-state index is 0.0454. The lowest BCUT2D eigenvalue weighted by atomic mass is 10.1. The zero-order valence-corrected chi connectivity index (χ0v) is 10.4. The van der Waals surface area contributed by atoms with Gasteiger partial charge in [0.2, 0.25) is 5.91 Å². The zero-order chi connectivity index (χ0) is 12.5. The third-order valence-corrected chi connectivity index (χ3v) is 2.32. The first-order valence-electron chi connectivity index (χ1n) is 5.86. The van der Waals surface area contributed by atoms with Crippen molar-refractivity contribution in [1.29, 1.82) is 0 Å². The van der Waals surface area contributed by atoms with E-state index < -0.39 is 0 Å². The third kappa shape index (κ3) is 5.71. The zero-order valence-electron chi connectivity index (χ0n) is 10.4. The number of rotatable bonds is 5. The molecule has 0 aromatic heterocycles. The fourth-order valence-corrected chi connectivity index (χ4v) is 1.45. The Morgan fingerprint density at radius 2 is 2.24 bits per heavy atom. The average Bonchev–Trinajstić information content (AvgIpc) is 2.32. The molecule has 0 bridgehead atoms. The topological polar surface area (TPSA) is 29.1 Å². The smallest absolute Gasteiger partial charge is 0.244 e. The van der Waals surface area contributed by atoms with Crippen molar-refractivity contribution < 1.29 is 4.79 Å². The number of carbonyl (C=O) groups is 1. The van der Waals surface area contributed by atoms with Gasteiger partial charge in [-0.2, -0.15) is 0 Å². The van der Waals surface area contributed by atoms with Gasteiger partial charge in [0, 0.05) is 12.6 Å². The van der Waals surface area contributed by atoms with Crippen molar-refractivity contribution >= 4 is 12.0 Å². The molecule has 0 spiro atoms. The maximum absolute atomic E-state index is 11.4. The van der Waals surface area contributed by atoms with Crippen LogP contribution in [0.3, 0.4) is 0 Å². The molecule has 1 aromatic rings. The molecule has 0 aliphatic heterocycles. The summed E-state index contributed by atoms with van der Waals surface area (Å²) in [5.74, 6) is -0.0454. The molecule has 0 atom stereocenters. The Hall–Kier alpha value is -1.83. The van der Waals surface area contributed by atoms with Crippen LogP contribution in [0, 0.1) is 6.92 Å². The molecule has 2 nitrogen and oxygen atoms in total. The lowest BCUT2D eigenvalue weighted by molar-refractivity contribution is -0.116. The highest BCUT2D eigenvalue weighted by Gasteiger charge is 1.93. The fraction of sp³-hybridized carbons (Fsp3) is 0.267. The van der Waals surface area contributed by atoms with Crippen LogP contribution in [-0.2, 0) is 4.79 Å². The minimum Gasteiger partial charge on any atom is -0.352 e. The van der Waals surface area contributed by atoms with Gasteiger partial charge in [-0.3, -0.25) is 4.79 Å².